The van der Waals surface area contributed by atoms with E-state index in [9.17, 15) is 40.7 Å². The number of aromatic hydroxyl groups is 4. The maximum absolute atomic E-state index is 11.5. The number of rotatable bonds is 8. The average molecular weight is 633 g/mol. The van der Waals surface area contributed by atoms with Gasteiger partial charge < -0.3 is 29.9 Å². The molecule has 0 aliphatic carbocycles. The zero-order valence-electron chi connectivity index (χ0n) is 24.7. The van der Waals surface area contributed by atoms with Crippen molar-refractivity contribution >= 4 is 23.8 Å². The van der Waals surface area contributed by atoms with Crippen molar-refractivity contribution in [2.45, 2.75) is 77.2 Å². The molecule has 0 spiro atoms. The largest absolute Gasteiger partial charge is 0.504 e. The standard InChI is InChI=1S/C31H40N4O8.ClH/c36-28-18-22(16-26(30(28)38)34(40)41)24-20-33(21-25(24)23-17-27(35(42)43)31(39)29(37)19-23)15-11-14-32-12-9-7-5-3-1-2-4-6-8-10-13-32;/h16-21,36-39H,1-15H2;1H. The van der Waals surface area contributed by atoms with Gasteiger partial charge in [0.2, 0.25) is 11.5 Å². The number of nitrogens with zero attached hydrogens (tertiary/aromatic N) is 4. The van der Waals surface area contributed by atoms with Crippen LogP contribution in [0.4, 0.5) is 11.4 Å². The monoisotopic (exact) mass is 632 g/mol. The Morgan fingerprint density at radius 1 is 0.614 bits per heavy atom. The molecular formula is C31H41ClN4O8. The molecule has 1 fully saturated rings. The van der Waals surface area contributed by atoms with E-state index in [4.69, 9.17) is 0 Å². The van der Waals surface area contributed by atoms with Crippen LogP contribution >= 0.6 is 12.4 Å². The van der Waals surface area contributed by atoms with Gasteiger partial charge in [0.15, 0.2) is 11.5 Å². The fourth-order valence-electron chi connectivity index (χ4n) is 5.79. The van der Waals surface area contributed by atoms with Crippen LogP contribution in [0.25, 0.3) is 22.3 Å². The van der Waals surface area contributed by atoms with Crippen molar-refractivity contribution < 1.29 is 30.3 Å². The van der Waals surface area contributed by atoms with Crippen LogP contribution in [0, 0.1) is 20.2 Å². The lowest BCUT2D eigenvalue weighted by Gasteiger charge is -2.22. The topological polar surface area (TPSA) is 175 Å². The molecule has 44 heavy (non-hydrogen) atoms. The SMILES string of the molecule is Cl.O=[N+]([O-])c1cc(-c2cn(CCCN3CCCCCCCCCCCC3)cc2-c2cc(O)c(O)c([N+](=O)[O-])c2)cc(O)c1O. The van der Waals surface area contributed by atoms with Crippen LogP contribution in [0.15, 0.2) is 36.7 Å². The Labute approximate surface area is 262 Å². The van der Waals surface area contributed by atoms with Gasteiger partial charge in [-0.05, 0) is 62.2 Å². The van der Waals surface area contributed by atoms with Gasteiger partial charge in [0, 0.05) is 42.2 Å². The number of nitro benzene ring substituents is 2. The molecule has 12 nitrogen and oxygen atoms in total. The predicted octanol–water partition coefficient (Wildman–Crippen LogP) is 7.49. The molecule has 0 bridgehead atoms. The maximum Gasteiger partial charge on any atom is 0.315 e. The highest BCUT2D eigenvalue weighted by Crippen LogP contribution is 2.45. The van der Waals surface area contributed by atoms with Gasteiger partial charge in [-0.25, -0.2) is 0 Å². The fourth-order valence-corrected chi connectivity index (χ4v) is 5.79. The first kappa shape index (κ1) is 34.5. The van der Waals surface area contributed by atoms with Crippen molar-refractivity contribution in [3.8, 4) is 45.3 Å². The number of aryl methyl sites for hydroxylation is 1. The second-order valence-electron chi connectivity index (χ2n) is 11.3. The zero-order valence-corrected chi connectivity index (χ0v) is 25.5. The minimum Gasteiger partial charge on any atom is -0.504 e. The summed E-state index contributed by atoms with van der Waals surface area (Å²) in [5.41, 5.74) is -0.214. The summed E-state index contributed by atoms with van der Waals surface area (Å²) in [6.07, 6.45) is 16.9. The van der Waals surface area contributed by atoms with E-state index in [1.165, 1.54) is 76.3 Å². The van der Waals surface area contributed by atoms with E-state index in [2.05, 4.69) is 4.90 Å². The van der Waals surface area contributed by atoms with Crippen molar-refractivity contribution in [1.29, 1.82) is 0 Å². The molecule has 1 aromatic heterocycles. The van der Waals surface area contributed by atoms with Gasteiger partial charge >= 0.3 is 11.4 Å². The minimum atomic E-state index is -0.866. The van der Waals surface area contributed by atoms with E-state index in [0.717, 1.165) is 38.2 Å². The van der Waals surface area contributed by atoms with E-state index in [0.29, 0.717) is 17.7 Å². The summed E-state index contributed by atoms with van der Waals surface area (Å²) in [5, 5.41) is 63.6. The van der Waals surface area contributed by atoms with Crippen LogP contribution in [0.3, 0.4) is 0 Å². The van der Waals surface area contributed by atoms with Crippen LogP contribution < -0.4 is 0 Å². The van der Waals surface area contributed by atoms with Gasteiger partial charge in [-0.1, -0.05) is 51.4 Å². The molecule has 240 valence electrons. The van der Waals surface area contributed by atoms with Crippen LogP contribution in [0.2, 0.25) is 0 Å². The van der Waals surface area contributed by atoms with Crippen molar-refractivity contribution in [3.05, 3.63) is 56.9 Å². The number of hydrogen-bond acceptors (Lipinski definition) is 9. The molecule has 0 unspecified atom stereocenters. The molecule has 4 N–H and O–H groups in total. The Morgan fingerprint density at radius 2 is 1.00 bits per heavy atom. The van der Waals surface area contributed by atoms with E-state index in [1.807, 2.05) is 4.57 Å². The van der Waals surface area contributed by atoms with Crippen LogP contribution in [0.5, 0.6) is 23.0 Å². The summed E-state index contributed by atoms with van der Waals surface area (Å²) < 4.78 is 1.87. The summed E-state index contributed by atoms with van der Waals surface area (Å²) in [4.78, 5) is 24.0. The van der Waals surface area contributed by atoms with Gasteiger partial charge in [-0.3, -0.25) is 20.2 Å². The van der Waals surface area contributed by atoms with Gasteiger partial charge in [0.1, 0.15) is 0 Å². The Morgan fingerprint density at radius 3 is 1.39 bits per heavy atom. The molecule has 13 heteroatoms. The summed E-state index contributed by atoms with van der Waals surface area (Å²) in [7, 11) is 0. The van der Waals surface area contributed by atoms with E-state index in [1.54, 1.807) is 12.4 Å². The molecule has 1 saturated heterocycles. The Hall–Kier alpha value is -4.03. The lowest BCUT2D eigenvalue weighted by atomic mass is 9.97. The molecule has 2 aromatic carbocycles. The van der Waals surface area contributed by atoms with E-state index < -0.39 is 44.2 Å². The first-order chi connectivity index (χ1) is 20.7. The number of nitro groups is 2. The molecule has 0 saturated carbocycles. The number of phenolic OH excluding ortho intramolecular Hbond substituents is 4. The Balaban J connectivity index is 0.00000529. The van der Waals surface area contributed by atoms with Crippen molar-refractivity contribution in [2.75, 3.05) is 19.6 Å². The molecule has 0 radical (unpaired) electrons. The van der Waals surface area contributed by atoms with Gasteiger partial charge in [0.05, 0.1) is 9.85 Å². The molecule has 0 amide bonds. The molecule has 4 rings (SSSR count). The second kappa shape index (κ2) is 16.2. The third-order valence-corrected chi connectivity index (χ3v) is 8.12. The maximum atomic E-state index is 11.5. The number of halogens is 1. The summed E-state index contributed by atoms with van der Waals surface area (Å²) in [6.45, 7) is 3.58. The van der Waals surface area contributed by atoms with Crippen molar-refractivity contribution in [3.63, 3.8) is 0 Å². The normalized spacial score (nSPS) is 15.4. The molecule has 3 aromatic rings. The third kappa shape index (κ3) is 8.76. The van der Waals surface area contributed by atoms with Gasteiger partial charge in [-0.2, -0.15) is 0 Å². The second-order valence-corrected chi connectivity index (χ2v) is 11.3. The first-order valence-corrected chi connectivity index (χ1v) is 15.0. The van der Waals surface area contributed by atoms with Crippen LogP contribution in [-0.4, -0.2) is 59.4 Å². The fraction of sp³-hybridized carbons (Fsp3) is 0.484. The first-order valence-electron chi connectivity index (χ1n) is 15.0. The highest BCUT2D eigenvalue weighted by Gasteiger charge is 2.25. The molecular weight excluding hydrogens is 592 g/mol. The third-order valence-electron chi connectivity index (χ3n) is 8.12. The number of hydrogen-bond donors (Lipinski definition) is 4. The van der Waals surface area contributed by atoms with Crippen LogP contribution in [-0.2, 0) is 6.54 Å². The Bertz CT molecular complexity index is 1340. The lowest BCUT2D eigenvalue weighted by Crippen LogP contribution is -2.28. The average Bonchev–Trinajstić information content (AvgIpc) is 3.40. The van der Waals surface area contributed by atoms with Crippen molar-refractivity contribution in [2.24, 2.45) is 0 Å². The van der Waals surface area contributed by atoms with Gasteiger partial charge in [-0.15, -0.1) is 12.4 Å². The minimum absolute atomic E-state index is 0. The molecule has 2 heterocycles. The highest BCUT2D eigenvalue weighted by atomic mass is 35.5. The molecule has 1 aliphatic heterocycles. The zero-order chi connectivity index (χ0) is 30.9. The predicted molar refractivity (Wildman–Crippen MR) is 170 cm³/mol. The number of phenols is 4. The van der Waals surface area contributed by atoms with Gasteiger partial charge in [0.25, 0.3) is 0 Å². The molecule has 1 aliphatic rings. The summed E-state index contributed by atoms with van der Waals surface area (Å²) in [5.74, 6) is -3.11. The van der Waals surface area contributed by atoms with Crippen LogP contribution in [0.1, 0.15) is 70.6 Å². The molecule has 0 atom stereocenters. The van der Waals surface area contributed by atoms with Crippen molar-refractivity contribution in [1.82, 2.24) is 9.47 Å². The highest BCUT2D eigenvalue weighted by molar-refractivity contribution is 5.87. The smallest absolute Gasteiger partial charge is 0.315 e. The lowest BCUT2D eigenvalue weighted by molar-refractivity contribution is -0.386. The summed E-state index contributed by atoms with van der Waals surface area (Å²) >= 11 is 0. The van der Waals surface area contributed by atoms with E-state index in [-0.39, 0.29) is 23.5 Å². The van der Waals surface area contributed by atoms with E-state index >= 15 is 0 Å². The number of benzene rings is 2. The summed E-state index contributed by atoms with van der Waals surface area (Å²) in [6, 6.07) is 4.59. The Kier molecular flexibility index (Phi) is 12.7. The number of aromatic nitrogens is 1. The quantitative estimate of drug-likeness (QED) is 0.111.